The fraction of sp³-hybridized carbons (Fsp3) is 0.125. The molecule has 0 fully saturated rings. The minimum Gasteiger partial charge on any atom is -0.398 e. The Hall–Kier alpha value is -1.36. The van der Waals surface area contributed by atoms with Gasteiger partial charge in [-0.25, -0.2) is 4.21 Å². The number of benzene rings is 1. The Labute approximate surface area is 78.5 Å². The van der Waals surface area contributed by atoms with Gasteiger partial charge >= 0.3 is 0 Å². The normalized spacial score (nSPS) is 20.1. The summed E-state index contributed by atoms with van der Waals surface area (Å²) < 4.78 is 15.4. The van der Waals surface area contributed by atoms with Crippen molar-refractivity contribution in [2.45, 2.75) is 11.8 Å². The zero-order valence-corrected chi connectivity index (χ0v) is 7.89. The molecule has 68 valence electrons. The lowest BCUT2D eigenvalue weighted by molar-refractivity contribution is 0.684. The van der Waals surface area contributed by atoms with Crippen LogP contribution in [0, 0.1) is 0 Å². The standard InChI is InChI=1S/C8H9N3OS/c1-5-10-7-4-2-3-6(9)8(7)13(12)11-5/h2-4H,9H2,1H3,(H,10,11). The third-order valence-corrected chi connectivity index (χ3v) is 3.00. The highest BCUT2D eigenvalue weighted by Gasteiger charge is 2.17. The van der Waals surface area contributed by atoms with E-state index in [4.69, 9.17) is 5.73 Å². The van der Waals surface area contributed by atoms with Crippen LogP contribution in [0.25, 0.3) is 0 Å². The average molecular weight is 195 g/mol. The number of anilines is 2. The molecule has 1 aliphatic heterocycles. The summed E-state index contributed by atoms with van der Waals surface area (Å²) in [5, 5.41) is 3.01. The molecule has 0 amide bonds. The average Bonchev–Trinajstić information content (AvgIpc) is 2.02. The molecule has 0 aliphatic carbocycles. The largest absolute Gasteiger partial charge is 0.398 e. The van der Waals surface area contributed by atoms with Crippen LogP contribution in [0.3, 0.4) is 0 Å². The Morgan fingerprint density at radius 1 is 1.54 bits per heavy atom. The van der Waals surface area contributed by atoms with Crippen molar-refractivity contribution in [3.63, 3.8) is 0 Å². The van der Waals surface area contributed by atoms with Gasteiger partial charge in [0.25, 0.3) is 0 Å². The van der Waals surface area contributed by atoms with E-state index in [2.05, 4.69) is 9.71 Å². The lowest BCUT2D eigenvalue weighted by atomic mass is 10.3. The predicted octanol–water partition coefficient (Wildman–Crippen LogP) is 1.14. The van der Waals surface area contributed by atoms with E-state index in [1.807, 2.05) is 12.1 Å². The van der Waals surface area contributed by atoms with Gasteiger partial charge in [-0.2, -0.15) is 4.40 Å². The van der Waals surface area contributed by atoms with Gasteiger partial charge in [-0.3, -0.25) is 0 Å². The van der Waals surface area contributed by atoms with Crippen molar-refractivity contribution < 1.29 is 4.21 Å². The molecule has 0 spiro atoms. The van der Waals surface area contributed by atoms with Gasteiger partial charge in [0.15, 0.2) is 11.0 Å². The van der Waals surface area contributed by atoms with Gasteiger partial charge in [-0.1, -0.05) is 6.07 Å². The summed E-state index contributed by atoms with van der Waals surface area (Å²) in [6.45, 7) is 1.77. The molecule has 0 bridgehead atoms. The van der Waals surface area contributed by atoms with Crippen molar-refractivity contribution in [1.82, 2.24) is 0 Å². The van der Waals surface area contributed by atoms with Crippen LogP contribution in [0.4, 0.5) is 11.4 Å². The first kappa shape index (κ1) is 8.25. The molecule has 1 unspecified atom stereocenters. The predicted molar refractivity (Wildman–Crippen MR) is 54.0 cm³/mol. The molecule has 4 nitrogen and oxygen atoms in total. The van der Waals surface area contributed by atoms with Crippen LogP contribution in [0.2, 0.25) is 0 Å². The van der Waals surface area contributed by atoms with E-state index in [-0.39, 0.29) is 0 Å². The summed E-state index contributed by atoms with van der Waals surface area (Å²) in [6.07, 6.45) is 0. The third kappa shape index (κ3) is 1.31. The summed E-state index contributed by atoms with van der Waals surface area (Å²) in [6, 6.07) is 5.37. The highest BCUT2D eigenvalue weighted by molar-refractivity contribution is 7.84. The molecule has 0 saturated heterocycles. The summed E-state index contributed by atoms with van der Waals surface area (Å²) in [7, 11) is -1.36. The lowest BCUT2D eigenvalue weighted by Gasteiger charge is -2.16. The van der Waals surface area contributed by atoms with Crippen LogP contribution in [-0.2, 0) is 11.0 Å². The maximum Gasteiger partial charge on any atom is 0.178 e. The van der Waals surface area contributed by atoms with Gasteiger partial charge in [-0.15, -0.1) is 0 Å². The molecule has 0 aromatic heterocycles. The van der Waals surface area contributed by atoms with E-state index in [9.17, 15) is 4.21 Å². The zero-order chi connectivity index (χ0) is 9.42. The number of hydrogen-bond acceptors (Lipinski definition) is 3. The number of hydrogen-bond donors (Lipinski definition) is 2. The smallest absolute Gasteiger partial charge is 0.178 e. The van der Waals surface area contributed by atoms with Crippen molar-refractivity contribution in [3.05, 3.63) is 18.2 Å². The van der Waals surface area contributed by atoms with Crippen LogP contribution in [0.1, 0.15) is 6.92 Å². The Balaban J connectivity index is 2.63. The maximum atomic E-state index is 11.5. The van der Waals surface area contributed by atoms with Crippen molar-refractivity contribution in [2.75, 3.05) is 11.1 Å². The van der Waals surface area contributed by atoms with Crippen LogP contribution in [0.5, 0.6) is 0 Å². The second-order valence-electron chi connectivity index (χ2n) is 2.77. The van der Waals surface area contributed by atoms with Crippen molar-refractivity contribution in [3.8, 4) is 0 Å². The van der Waals surface area contributed by atoms with E-state index in [1.54, 1.807) is 13.0 Å². The topological polar surface area (TPSA) is 67.5 Å². The van der Waals surface area contributed by atoms with Gasteiger partial charge in [-0.05, 0) is 19.1 Å². The molecular formula is C8H9N3OS. The van der Waals surface area contributed by atoms with E-state index in [1.165, 1.54) is 0 Å². The van der Waals surface area contributed by atoms with E-state index in [0.717, 1.165) is 5.69 Å². The van der Waals surface area contributed by atoms with Crippen LogP contribution in [0.15, 0.2) is 27.5 Å². The molecule has 1 aromatic carbocycles. The Morgan fingerprint density at radius 2 is 2.31 bits per heavy atom. The quantitative estimate of drug-likeness (QED) is 0.610. The number of nitrogens with two attached hydrogens (primary N) is 1. The number of nitrogens with zero attached hydrogens (tertiary/aromatic N) is 1. The summed E-state index contributed by atoms with van der Waals surface area (Å²) in [5.74, 6) is 0.649. The molecule has 1 aromatic rings. The zero-order valence-electron chi connectivity index (χ0n) is 7.07. The molecule has 0 radical (unpaired) electrons. The molecule has 2 rings (SSSR count). The molecule has 3 N–H and O–H groups in total. The van der Waals surface area contributed by atoms with Gasteiger partial charge in [0.2, 0.25) is 0 Å². The minimum absolute atomic E-state index is 0.514. The van der Waals surface area contributed by atoms with Crippen molar-refractivity contribution >= 4 is 28.2 Å². The number of rotatable bonds is 0. The monoisotopic (exact) mass is 195 g/mol. The van der Waals surface area contributed by atoms with Crippen molar-refractivity contribution in [2.24, 2.45) is 4.40 Å². The van der Waals surface area contributed by atoms with Crippen LogP contribution < -0.4 is 11.1 Å². The highest BCUT2D eigenvalue weighted by atomic mass is 32.2. The van der Waals surface area contributed by atoms with Gasteiger partial charge in [0, 0.05) is 0 Å². The molecular weight excluding hydrogens is 186 g/mol. The highest BCUT2D eigenvalue weighted by Crippen LogP contribution is 2.29. The Bertz CT molecular complexity index is 414. The molecule has 5 heteroatoms. The molecule has 1 aliphatic rings. The van der Waals surface area contributed by atoms with Crippen LogP contribution in [-0.4, -0.2) is 10.0 Å². The number of nitrogens with one attached hydrogen (secondary N) is 1. The van der Waals surface area contributed by atoms with Gasteiger partial charge in [0.1, 0.15) is 10.7 Å². The van der Waals surface area contributed by atoms with E-state index >= 15 is 0 Å². The number of amidine groups is 1. The first-order valence-corrected chi connectivity index (χ1v) is 4.92. The summed E-state index contributed by atoms with van der Waals surface area (Å²) in [4.78, 5) is 0.577. The first-order chi connectivity index (χ1) is 6.18. The maximum absolute atomic E-state index is 11.5. The third-order valence-electron chi connectivity index (χ3n) is 1.76. The second kappa shape index (κ2) is 2.85. The summed E-state index contributed by atoms with van der Waals surface area (Å²) >= 11 is 0. The Morgan fingerprint density at radius 3 is 3.08 bits per heavy atom. The lowest BCUT2D eigenvalue weighted by Crippen LogP contribution is -2.16. The fourth-order valence-corrected chi connectivity index (χ4v) is 2.20. The molecule has 1 atom stereocenters. The number of fused-ring (bicyclic) bond motifs is 1. The SMILES string of the molecule is CC1=NS(=O)c2c(N)cccc2N1. The second-order valence-corrected chi connectivity index (χ2v) is 3.86. The first-order valence-electron chi connectivity index (χ1n) is 3.81. The molecule has 0 saturated carbocycles. The molecule has 1 heterocycles. The van der Waals surface area contributed by atoms with Gasteiger partial charge < -0.3 is 11.1 Å². The summed E-state index contributed by atoms with van der Waals surface area (Å²) in [5.41, 5.74) is 6.97. The fourth-order valence-electron chi connectivity index (χ4n) is 1.24. The molecule has 13 heavy (non-hydrogen) atoms. The minimum atomic E-state index is -1.36. The number of nitrogen functional groups attached to an aromatic ring is 1. The van der Waals surface area contributed by atoms with E-state index in [0.29, 0.717) is 16.4 Å². The van der Waals surface area contributed by atoms with Crippen LogP contribution >= 0.6 is 0 Å². The van der Waals surface area contributed by atoms with Crippen molar-refractivity contribution in [1.29, 1.82) is 0 Å². The van der Waals surface area contributed by atoms with Gasteiger partial charge in [0.05, 0.1) is 11.4 Å². The Kier molecular flexibility index (Phi) is 1.81. The van der Waals surface area contributed by atoms with E-state index < -0.39 is 11.0 Å².